The maximum absolute atomic E-state index is 12.8. The van der Waals surface area contributed by atoms with Gasteiger partial charge in [0.25, 0.3) is 0 Å². The fourth-order valence-electron chi connectivity index (χ4n) is 2.68. The van der Waals surface area contributed by atoms with Gasteiger partial charge >= 0.3 is 0 Å². The van der Waals surface area contributed by atoms with E-state index in [4.69, 9.17) is 0 Å². The Morgan fingerprint density at radius 3 is 2.27 bits per heavy atom. The highest BCUT2D eigenvalue weighted by Crippen LogP contribution is 2.25. The van der Waals surface area contributed by atoms with Gasteiger partial charge in [-0.15, -0.1) is 0 Å². The molecule has 0 saturated heterocycles. The van der Waals surface area contributed by atoms with Crippen LogP contribution in [-0.2, 0) is 10.0 Å². The summed E-state index contributed by atoms with van der Waals surface area (Å²) >= 11 is 0. The maximum atomic E-state index is 12.8. The first kappa shape index (κ1) is 17.2. The van der Waals surface area contributed by atoms with Gasteiger partial charge in [0.05, 0.1) is 5.25 Å². The van der Waals surface area contributed by atoms with E-state index in [1.54, 1.807) is 26.0 Å². The minimum Gasteiger partial charge on any atom is -0.385 e. The van der Waals surface area contributed by atoms with E-state index in [1.807, 2.05) is 0 Å². The smallest absolute Gasteiger partial charge is 0.214 e. The van der Waals surface area contributed by atoms with Gasteiger partial charge in [-0.3, -0.25) is 0 Å². The number of sulfonamides is 1. The zero-order chi connectivity index (χ0) is 16.2. The molecule has 6 heteroatoms. The van der Waals surface area contributed by atoms with E-state index in [9.17, 15) is 12.8 Å². The predicted octanol–water partition coefficient (Wildman–Crippen LogP) is 3.12. The molecule has 1 fully saturated rings. The molecule has 0 radical (unpaired) electrons. The summed E-state index contributed by atoms with van der Waals surface area (Å²) in [5.41, 5.74) is 0.920. The maximum Gasteiger partial charge on any atom is 0.214 e. The molecule has 1 aromatic carbocycles. The Morgan fingerprint density at radius 1 is 1.14 bits per heavy atom. The Balaban J connectivity index is 1.74. The highest BCUT2D eigenvalue weighted by atomic mass is 32.2. The molecule has 0 spiro atoms. The van der Waals surface area contributed by atoms with E-state index >= 15 is 0 Å². The van der Waals surface area contributed by atoms with Gasteiger partial charge in [0.1, 0.15) is 5.82 Å². The average Bonchev–Trinajstić information content (AvgIpc) is 2.48. The van der Waals surface area contributed by atoms with Crippen LogP contribution >= 0.6 is 0 Å². The first-order valence-corrected chi connectivity index (χ1v) is 9.42. The highest BCUT2D eigenvalue weighted by Gasteiger charge is 2.26. The van der Waals surface area contributed by atoms with Crippen molar-refractivity contribution in [2.45, 2.75) is 50.8 Å². The molecule has 1 aliphatic rings. The van der Waals surface area contributed by atoms with E-state index in [0.717, 1.165) is 37.9 Å². The molecule has 1 aromatic rings. The van der Waals surface area contributed by atoms with Crippen molar-refractivity contribution >= 4 is 15.7 Å². The van der Waals surface area contributed by atoms with Crippen LogP contribution < -0.4 is 10.0 Å². The molecule has 0 heterocycles. The molecule has 0 aliphatic heterocycles. The van der Waals surface area contributed by atoms with E-state index < -0.39 is 10.0 Å². The second-order valence-corrected chi connectivity index (χ2v) is 8.59. The van der Waals surface area contributed by atoms with Crippen molar-refractivity contribution in [3.05, 3.63) is 30.1 Å². The number of nitrogens with one attached hydrogen (secondary N) is 2. The van der Waals surface area contributed by atoms with Crippen molar-refractivity contribution in [3.8, 4) is 0 Å². The minimum atomic E-state index is -3.18. The average molecular weight is 328 g/mol. The third-order valence-corrected chi connectivity index (χ3v) is 6.14. The van der Waals surface area contributed by atoms with Gasteiger partial charge in [0.2, 0.25) is 10.0 Å². The predicted molar refractivity (Wildman–Crippen MR) is 87.8 cm³/mol. The summed E-state index contributed by atoms with van der Waals surface area (Å²) in [6.45, 7) is 4.23. The van der Waals surface area contributed by atoms with Gasteiger partial charge < -0.3 is 5.32 Å². The van der Waals surface area contributed by atoms with Gasteiger partial charge in [0, 0.05) is 18.3 Å². The van der Waals surface area contributed by atoms with Gasteiger partial charge in [-0.05, 0) is 69.7 Å². The largest absolute Gasteiger partial charge is 0.385 e. The van der Waals surface area contributed by atoms with E-state index in [-0.39, 0.29) is 17.1 Å². The molecular weight excluding hydrogens is 303 g/mol. The van der Waals surface area contributed by atoms with Crippen LogP contribution in [0.3, 0.4) is 0 Å². The summed E-state index contributed by atoms with van der Waals surface area (Å²) < 4.78 is 39.4. The lowest BCUT2D eigenvalue weighted by atomic mass is 9.86. The summed E-state index contributed by atoms with van der Waals surface area (Å²) in [6, 6.07) is 6.42. The molecule has 1 saturated carbocycles. The summed E-state index contributed by atoms with van der Waals surface area (Å²) in [6.07, 6.45) is 3.75. The topological polar surface area (TPSA) is 58.2 Å². The number of anilines is 1. The molecule has 124 valence electrons. The first-order chi connectivity index (χ1) is 10.4. The number of rotatable bonds is 6. The Hall–Kier alpha value is -1.14. The van der Waals surface area contributed by atoms with Gasteiger partial charge in [0.15, 0.2) is 0 Å². The van der Waals surface area contributed by atoms with Crippen LogP contribution in [0.1, 0.15) is 39.5 Å². The third-order valence-electron chi connectivity index (χ3n) is 4.24. The van der Waals surface area contributed by atoms with E-state index in [1.165, 1.54) is 12.1 Å². The quantitative estimate of drug-likeness (QED) is 0.843. The van der Waals surface area contributed by atoms with Crippen LogP contribution in [0.15, 0.2) is 24.3 Å². The van der Waals surface area contributed by atoms with Gasteiger partial charge in [-0.1, -0.05) is 0 Å². The third kappa shape index (κ3) is 4.95. The molecule has 0 unspecified atom stereocenters. The Kier molecular flexibility index (Phi) is 5.81. The van der Waals surface area contributed by atoms with E-state index in [2.05, 4.69) is 10.0 Å². The number of hydrogen-bond acceptors (Lipinski definition) is 3. The number of hydrogen-bond donors (Lipinski definition) is 2. The molecule has 0 aromatic heterocycles. The van der Waals surface area contributed by atoms with Crippen molar-refractivity contribution in [2.75, 3.05) is 11.9 Å². The van der Waals surface area contributed by atoms with Crippen molar-refractivity contribution < 1.29 is 12.8 Å². The minimum absolute atomic E-state index is 0.0643. The molecule has 0 amide bonds. The number of benzene rings is 1. The van der Waals surface area contributed by atoms with Crippen molar-refractivity contribution in [3.63, 3.8) is 0 Å². The summed E-state index contributed by atoms with van der Waals surface area (Å²) in [5.74, 6) is 0.299. The van der Waals surface area contributed by atoms with Crippen LogP contribution in [0.4, 0.5) is 10.1 Å². The highest BCUT2D eigenvalue weighted by molar-refractivity contribution is 7.90. The summed E-state index contributed by atoms with van der Waals surface area (Å²) in [5, 5.41) is 2.93. The standard InChI is InChI=1S/C16H25FN2O2S/c1-12(2)22(20,21)19-16-7-3-13(4-8-16)11-18-15-9-5-14(17)6-10-15/h5-6,9-10,12-13,16,18-19H,3-4,7-8,11H2,1-2H3. The first-order valence-electron chi connectivity index (χ1n) is 7.87. The Labute approximate surface area is 132 Å². The normalized spacial score (nSPS) is 22.7. The van der Waals surface area contributed by atoms with Gasteiger partial charge in [-0.2, -0.15) is 0 Å². The second kappa shape index (κ2) is 7.42. The lowest BCUT2D eigenvalue weighted by Crippen LogP contribution is -2.41. The monoisotopic (exact) mass is 328 g/mol. The SMILES string of the molecule is CC(C)S(=O)(=O)NC1CCC(CNc2ccc(F)cc2)CC1. The van der Waals surface area contributed by atoms with Crippen LogP contribution in [0.2, 0.25) is 0 Å². The van der Waals surface area contributed by atoms with Crippen LogP contribution in [-0.4, -0.2) is 26.3 Å². The zero-order valence-electron chi connectivity index (χ0n) is 13.2. The van der Waals surface area contributed by atoms with Gasteiger partial charge in [-0.25, -0.2) is 17.5 Å². The molecule has 2 rings (SSSR count). The van der Waals surface area contributed by atoms with Crippen LogP contribution in [0.5, 0.6) is 0 Å². The summed E-state index contributed by atoms with van der Waals surface area (Å²) in [7, 11) is -3.18. The van der Waals surface area contributed by atoms with Crippen molar-refractivity contribution in [1.29, 1.82) is 0 Å². The molecule has 4 nitrogen and oxygen atoms in total. The molecule has 1 aliphatic carbocycles. The molecule has 2 N–H and O–H groups in total. The van der Waals surface area contributed by atoms with Crippen LogP contribution in [0, 0.1) is 11.7 Å². The zero-order valence-corrected chi connectivity index (χ0v) is 14.0. The molecular formula is C16H25FN2O2S. The van der Waals surface area contributed by atoms with E-state index in [0.29, 0.717) is 5.92 Å². The fraction of sp³-hybridized carbons (Fsp3) is 0.625. The fourth-order valence-corrected chi connectivity index (χ4v) is 3.66. The Bertz CT molecular complexity index is 564. The number of halogens is 1. The summed E-state index contributed by atoms with van der Waals surface area (Å²) in [4.78, 5) is 0. The second-order valence-electron chi connectivity index (χ2n) is 6.32. The van der Waals surface area contributed by atoms with Crippen molar-refractivity contribution in [1.82, 2.24) is 4.72 Å². The van der Waals surface area contributed by atoms with Crippen LogP contribution in [0.25, 0.3) is 0 Å². The Morgan fingerprint density at radius 2 is 1.73 bits per heavy atom. The lowest BCUT2D eigenvalue weighted by molar-refractivity contribution is 0.323. The molecule has 0 atom stereocenters. The lowest BCUT2D eigenvalue weighted by Gasteiger charge is -2.29. The molecule has 22 heavy (non-hydrogen) atoms. The molecule has 0 bridgehead atoms. The van der Waals surface area contributed by atoms with Crippen molar-refractivity contribution in [2.24, 2.45) is 5.92 Å².